The molecule has 5 unspecified atom stereocenters. The van der Waals surface area contributed by atoms with Crippen LogP contribution in [0.25, 0.3) is 0 Å². The van der Waals surface area contributed by atoms with Crippen molar-refractivity contribution in [1.82, 2.24) is 5.32 Å². The summed E-state index contributed by atoms with van der Waals surface area (Å²) >= 11 is 5.93. The second-order valence-corrected chi connectivity index (χ2v) is 12.2. The SMILES string of the molecule is CCCCCCCCCCCCCC[C@@H](O)[C@@H](O)[C@H](COC1OC(CO)C(O)C(O)C1O)NC(=O)Cc1ccc(Cl)cc1. The zero-order valence-electron chi connectivity index (χ0n) is 25.5. The second kappa shape index (κ2) is 21.4. The molecule has 1 saturated heterocycles. The number of benzene rings is 1. The van der Waals surface area contributed by atoms with Gasteiger partial charge < -0.3 is 45.4 Å². The van der Waals surface area contributed by atoms with Crippen molar-refractivity contribution < 1.29 is 44.9 Å². The van der Waals surface area contributed by atoms with Gasteiger partial charge in [-0.05, 0) is 24.1 Å². The van der Waals surface area contributed by atoms with Crippen molar-refractivity contribution in [3.8, 4) is 0 Å². The predicted octanol–water partition coefficient (Wildman–Crippen LogP) is 3.00. The fraction of sp³-hybridized carbons (Fsp3) is 0.781. The van der Waals surface area contributed by atoms with Crippen molar-refractivity contribution >= 4 is 17.5 Å². The van der Waals surface area contributed by atoms with Crippen molar-refractivity contribution in [3.05, 3.63) is 34.9 Å². The lowest BCUT2D eigenvalue weighted by atomic mass is 9.98. The van der Waals surface area contributed by atoms with Crippen molar-refractivity contribution in [2.24, 2.45) is 0 Å². The number of hydrogen-bond donors (Lipinski definition) is 7. The zero-order chi connectivity index (χ0) is 31.6. The summed E-state index contributed by atoms with van der Waals surface area (Å²) in [6.07, 6.45) is 4.53. The van der Waals surface area contributed by atoms with Crippen molar-refractivity contribution in [3.63, 3.8) is 0 Å². The van der Waals surface area contributed by atoms with Gasteiger partial charge in [0, 0.05) is 5.02 Å². The Hall–Kier alpha value is -1.34. The normalized spacial score (nSPS) is 24.4. The highest BCUT2D eigenvalue weighted by Gasteiger charge is 2.44. The van der Waals surface area contributed by atoms with Crippen LogP contribution in [0.5, 0.6) is 0 Å². The average molecular weight is 632 g/mol. The van der Waals surface area contributed by atoms with E-state index < -0.39 is 61.5 Å². The van der Waals surface area contributed by atoms with E-state index in [2.05, 4.69) is 12.2 Å². The van der Waals surface area contributed by atoms with E-state index in [9.17, 15) is 35.4 Å². The molecule has 43 heavy (non-hydrogen) atoms. The Morgan fingerprint density at radius 2 is 1.44 bits per heavy atom. The van der Waals surface area contributed by atoms with E-state index in [1.807, 2.05) is 0 Å². The molecule has 1 heterocycles. The molecule has 1 aliphatic heterocycles. The third-order valence-corrected chi connectivity index (χ3v) is 8.32. The number of aliphatic hydroxyl groups is 6. The Morgan fingerprint density at radius 3 is 2.00 bits per heavy atom. The first kappa shape index (κ1) is 37.8. The molecule has 1 amide bonds. The highest BCUT2D eigenvalue weighted by atomic mass is 35.5. The summed E-state index contributed by atoms with van der Waals surface area (Å²) in [5.41, 5.74) is 0.696. The minimum atomic E-state index is -1.63. The van der Waals surface area contributed by atoms with Crippen LogP contribution in [-0.4, -0.2) is 98.7 Å². The molecule has 2 rings (SSSR count). The van der Waals surface area contributed by atoms with Crippen LogP contribution >= 0.6 is 11.6 Å². The number of carbonyl (C=O) groups excluding carboxylic acids is 1. The summed E-state index contributed by atoms with van der Waals surface area (Å²) in [4.78, 5) is 12.8. The first-order chi connectivity index (χ1) is 20.7. The van der Waals surface area contributed by atoms with E-state index >= 15 is 0 Å². The molecule has 10 nitrogen and oxygen atoms in total. The maximum Gasteiger partial charge on any atom is 0.224 e. The lowest BCUT2D eigenvalue weighted by Crippen LogP contribution is -2.60. The highest BCUT2D eigenvalue weighted by molar-refractivity contribution is 6.30. The van der Waals surface area contributed by atoms with Gasteiger partial charge in [0.15, 0.2) is 6.29 Å². The summed E-state index contributed by atoms with van der Waals surface area (Å²) in [5, 5.41) is 64.8. The van der Waals surface area contributed by atoms with Crippen LogP contribution in [0, 0.1) is 0 Å². The molecular formula is C32H54ClNO9. The standard InChI is InChI=1S/C32H54ClNO9/c1-2-3-4-5-6-7-8-9-10-11-12-13-14-25(36)28(38)24(34-27(37)19-22-15-17-23(33)18-16-22)21-42-32-31(41)30(40)29(39)26(20-35)43-32/h15-18,24-26,28-32,35-36,38-41H,2-14,19-21H2,1H3,(H,34,37)/t24-,25+,26?,28-,29?,30?,31?,32?/m0/s1. The Labute approximate surface area is 261 Å². The van der Waals surface area contributed by atoms with Gasteiger partial charge in [-0.1, -0.05) is 108 Å². The minimum Gasteiger partial charge on any atom is -0.394 e. The average Bonchev–Trinajstić information content (AvgIpc) is 3.00. The molecule has 0 bridgehead atoms. The topological polar surface area (TPSA) is 169 Å². The van der Waals surface area contributed by atoms with E-state index in [1.165, 1.54) is 51.4 Å². The molecule has 8 atom stereocenters. The molecule has 0 spiro atoms. The van der Waals surface area contributed by atoms with E-state index in [1.54, 1.807) is 24.3 Å². The lowest BCUT2D eigenvalue weighted by molar-refractivity contribution is -0.303. The molecular weight excluding hydrogens is 578 g/mol. The zero-order valence-corrected chi connectivity index (χ0v) is 26.3. The number of ether oxygens (including phenoxy) is 2. The van der Waals surface area contributed by atoms with Gasteiger partial charge in [-0.15, -0.1) is 0 Å². The van der Waals surface area contributed by atoms with Gasteiger partial charge >= 0.3 is 0 Å². The summed E-state index contributed by atoms with van der Waals surface area (Å²) in [6, 6.07) is 5.67. The molecule has 248 valence electrons. The molecule has 0 radical (unpaired) electrons. The number of hydrogen-bond acceptors (Lipinski definition) is 9. The number of halogens is 1. The largest absolute Gasteiger partial charge is 0.394 e. The smallest absolute Gasteiger partial charge is 0.224 e. The number of aliphatic hydroxyl groups excluding tert-OH is 6. The van der Waals surface area contributed by atoms with E-state index in [-0.39, 0.29) is 13.0 Å². The van der Waals surface area contributed by atoms with Crippen LogP contribution in [0.15, 0.2) is 24.3 Å². The van der Waals surface area contributed by atoms with Gasteiger partial charge in [0.25, 0.3) is 0 Å². The van der Waals surface area contributed by atoms with Crippen LogP contribution in [0.3, 0.4) is 0 Å². The Balaban J connectivity index is 1.85. The highest BCUT2D eigenvalue weighted by Crippen LogP contribution is 2.23. The number of nitrogens with one attached hydrogen (secondary N) is 1. The summed E-state index contributed by atoms with van der Waals surface area (Å²) in [7, 11) is 0. The second-order valence-electron chi connectivity index (χ2n) is 11.7. The first-order valence-electron chi connectivity index (χ1n) is 16.0. The van der Waals surface area contributed by atoms with E-state index in [4.69, 9.17) is 21.1 Å². The van der Waals surface area contributed by atoms with E-state index in [0.29, 0.717) is 23.4 Å². The van der Waals surface area contributed by atoms with Gasteiger partial charge in [-0.3, -0.25) is 4.79 Å². The fourth-order valence-corrected chi connectivity index (χ4v) is 5.43. The van der Waals surface area contributed by atoms with Crippen LogP contribution in [0.1, 0.15) is 96.0 Å². The lowest BCUT2D eigenvalue weighted by Gasteiger charge is -2.40. The van der Waals surface area contributed by atoms with Gasteiger partial charge in [0.05, 0.1) is 31.8 Å². The fourth-order valence-electron chi connectivity index (χ4n) is 5.31. The number of carbonyl (C=O) groups is 1. The van der Waals surface area contributed by atoms with Crippen LogP contribution in [0.4, 0.5) is 0 Å². The number of rotatable bonds is 22. The van der Waals surface area contributed by atoms with Crippen molar-refractivity contribution in [2.45, 2.75) is 146 Å². The predicted molar refractivity (Wildman–Crippen MR) is 165 cm³/mol. The van der Waals surface area contributed by atoms with E-state index in [0.717, 1.165) is 19.3 Å². The molecule has 0 aromatic heterocycles. The van der Waals surface area contributed by atoms with Crippen LogP contribution in [0.2, 0.25) is 5.02 Å². The van der Waals surface area contributed by atoms with Gasteiger partial charge in [-0.2, -0.15) is 0 Å². The third kappa shape index (κ3) is 14.1. The minimum absolute atomic E-state index is 0.00469. The Bertz CT molecular complexity index is 875. The molecule has 7 N–H and O–H groups in total. The molecule has 0 aliphatic carbocycles. The Morgan fingerprint density at radius 1 is 0.884 bits per heavy atom. The molecule has 11 heteroatoms. The molecule has 0 saturated carbocycles. The molecule has 1 aromatic carbocycles. The van der Waals surface area contributed by atoms with Crippen LogP contribution in [-0.2, 0) is 20.7 Å². The van der Waals surface area contributed by atoms with Gasteiger partial charge in [-0.25, -0.2) is 0 Å². The monoisotopic (exact) mass is 631 g/mol. The van der Waals surface area contributed by atoms with Crippen molar-refractivity contribution in [1.29, 1.82) is 0 Å². The number of amides is 1. The Kier molecular flexibility index (Phi) is 18.8. The maximum absolute atomic E-state index is 12.8. The molecule has 1 aromatic rings. The maximum atomic E-state index is 12.8. The molecule has 1 aliphatic rings. The third-order valence-electron chi connectivity index (χ3n) is 8.07. The molecule has 1 fully saturated rings. The summed E-state index contributed by atoms with van der Waals surface area (Å²) in [5.74, 6) is -0.429. The quantitative estimate of drug-likeness (QED) is 0.0951. The first-order valence-corrected chi connectivity index (χ1v) is 16.4. The summed E-state index contributed by atoms with van der Waals surface area (Å²) in [6.45, 7) is 1.24. The van der Waals surface area contributed by atoms with Gasteiger partial charge in [0.1, 0.15) is 30.5 Å². The van der Waals surface area contributed by atoms with Gasteiger partial charge in [0.2, 0.25) is 5.91 Å². The van der Waals surface area contributed by atoms with Crippen LogP contribution < -0.4 is 5.32 Å². The summed E-state index contributed by atoms with van der Waals surface area (Å²) < 4.78 is 11.0. The number of unbranched alkanes of at least 4 members (excludes halogenated alkanes) is 11. The van der Waals surface area contributed by atoms with Crippen molar-refractivity contribution in [2.75, 3.05) is 13.2 Å².